The minimum absolute atomic E-state index is 0.0491. The maximum Gasteiger partial charge on any atom is 0.307 e. The molecule has 0 unspecified atom stereocenters. The van der Waals surface area contributed by atoms with E-state index in [1.165, 1.54) is 6.92 Å². The van der Waals surface area contributed by atoms with Crippen LogP contribution < -0.4 is 0 Å². The van der Waals surface area contributed by atoms with Gasteiger partial charge in [0.05, 0.1) is 5.92 Å². The zero-order valence-corrected chi connectivity index (χ0v) is 12.9. The lowest BCUT2D eigenvalue weighted by atomic mass is 9.88. The Hall–Kier alpha value is -1.81. The lowest BCUT2D eigenvalue weighted by molar-refractivity contribution is -0.141. The Morgan fingerprint density at radius 1 is 1.14 bits per heavy atom. The van der Waals surface area contributed by atoms with Crippen LogP contribution in [0.3, 0.4) is 0 Å². The first-order valence-electron chi connectivity index (χ1n) is 6.84. The molecule has 0 heterocycles. The molecule has 0 radical (unpaired) electrons. The Balaban J connectivity index is 2.27. The molecule has 0 aromatic heterocycles. The maximum atomic E-state index is 11.5. The first-order valence-corrected chi connectivity index (χ1v) is 7.82. The summed E-state index contributed by atoms with van der Waals surface area (Å²) in [5, 5.41) is 11.6. The fourth-order valence-electron chi connectivity index (χ4n) is 2.36. The number of benzene rings is 2. The van der Waals surface area contributed by atoms with E-state index in [1.54, 1.807) is 0 Å². The maximum absolute atomic E-state index is 11.5. The summed E-state index contributed by atoms with van der Waals surface area (Å²) >= 11 is 1.07. The van der Waals surface area contributed by atoms with Gasteiger partial charge in [-0.2, -0.15) is 0 Å². The SMILES string of the molecule is CC(=O)SC[C@@H](C(=O)O)[C@@H](C)c1ccc2ccccc2c1. The third kappa shape index (κ3) is 3.85. The summed E-state index contributed by atoms with van der Waals surface area (Å²) < 4.78 is 0. The predicted octanol–water partition coefficient (Wildman–Crippen LogP) is 3.92. The van der Waals surface area contributed by atoms with E-state index in [-0.39, 0.29) is 11.0 Å². The Morgan fingerprint density at radius 3 is 2.43 bits per heavy atom. The van der Waals surface area contributed by atoms with Gasteiger partial charge < -0.3 is 5.11 Å². The highest BCUT2D eigenvalue weighted by Gasteiger charge is 2.26. The minimum Gasteiger partial charge on any atom is -0.481 e. The van der Waals surface area contributed by atoms with Crippen molar-refractivity contribution < 1.29 is 14.7 Å². The minimum atomic E-state index is -0.857. The molecule has 0 fully saturated rings. The summed E-state index contributed by atoms with van der Waals surface area (Å²) in [5.74, 6) is -1.26. The number of hydrogen-bond donors (Lipinski definition) is 1. The van der Waals surface area contributed by atoms with Gasteiger partial charge in [0.1, 0.15) is 0 Å². The Bertz CT molecular complexity index is 666. The van der Waals surface area contributed by atoms with Gasteiger partial charge in [0, 0.05) is 12.7 Å². The highest BCUT2D eigenvalue weighted by Crippen LogP contribution is 2.30. The molecule has 1 N–H and O–H groups in total. The molecular formula is C17H18O3S. The molecule has 0 amide bonds. The van der Waals surface area contributed by atoms with Gasteiger partial charge in [0.25, 0.3) is 0 Å². The first-order chi connectivity index (χ1) is 9.99. The van der Waals surface area contributed by atoms with Crippen LogP contribution >= 0.6 is 11.8 Å². The van der Waals surface area contributed by atoms with Crippen LogP contribution in [0, 0.1) is 5.92 Å². The van der Waals surface area contributed by atoms with Crippen LogP contribution in [0.2, 0.25) is 0 Å². The monoisotopic (exact) mass is 302 g/mol. The molecule has 4 heteroatoms. The molecule has 2 aromatic rings. The van der Waals surface area contributed by atoms with Crippen LogP contribution in [0.4, 0.5) is 0 Å². The molecule has 0 aliphatic carbocycles. The van der Waals surface area contributed by atoms with Crippen LogP contribution in [0.5, 0.6) is 0 Å². The number of carboxylic acid groups (broad SMARTS) is 1. The molecule has 0 saturated heterocycles. The van der Waals surface area contributed by atoms with Crippen molar-refractivity contribution in [3.63, 3.8) is 0 Å². The van der Waals surface area contributed by atoms with Crippen molar-refractivity contribution in [1.29, 1.82) is 0 Å². The normalized spacial score (nSPS) is 13.8. The lowest BCUT2D eigenvalue weighted by Crippen LogP contribution is -2.23. The van der Waals surface area contributed by atoms with E-state index in [1.807, 2.05) is 49.4 Å². The van der Waals surface area contributed by atoms with Gasteiger partial charge in [0.15, 0.2) is 5.12 Å². The van der Waals surface area contributed by atoms with Crippen molar-refractivity contribution in [2.75, 3.05) is 5.75 Å². The van der Waals surface area contributed by atoms with Crippen LogP contribution in [0.1, 0.15) is 25.3 Å². The highest BCUT2D eigenvalue weighted by molar-refractivity contribution is 8.13. The molecule has 0 spiro atoms. The van der Waals surface area contributed by atoms with Crippen molar-refractivity contribution in [1.82, 2.24) is 0 Å². The van der Waals surface area contributed by atoms with Crippen molar-refractivity contribution in [2.24, 2.45) is 5.92 Å². The zero-order valence-electron chi connectivity index (χ0n) is 12.1. The molecule has 2 atom stereocenters. The number of carbonyl (C=O) groups excluding carboxylic acids is 1. The summed E-state index contributed by atoms with van der Waals surface area (Å²) in [5.41, 5.74) is 0.991. The largest absolute Gasteiger partial charge is 0.481 e. The van der Waals surface area contributed by atoms with Gasteiger partial charge in [-0.25, -0.2) is 0 Å². The topological polar surface area (TPSA) is 54.4 Å². The van der Waals surface area contributed by atoms with Crippen LogP contribution in [0.25, 0.3) is 10.8 Å². The van der Waals surface area contributed by atoms with Crippen molar-refractivity contribution in [3.05, 3.63) is 48.0 Å². The first kappa shape index (κ1) is 15.6. The van der Waals surface area contributed by atoms with E-state index in [2.05, 4.69) is 0 Å². The molecule has 110 valence electrons. The van der Waals surface area contributed by atoms with E-state index < -0.39 is 11.9 Å². The fraction of sp³-hybridized carbons (Fsp3) is 0.294. The summed E-state index contributed by atoms with van der Waals surface area (Å²) in [4.78, 5) is 22.5. The van der Waals surface area contributed by atoms with Gasteiger partial charge in [-0.15, -0.1) is 0 Å². The van der Waals surface area contributed by atoms with E-state index in [0.717, 1.165) is 28.1 Å². The number of carboxylic acids is 1. The molecule has 2 aromatic carbocycles. The quantitative estimate of drug-likeness (QED) is 0.909. The second-order valence-corrected chi connectivity index (χ2v) is 6.34. The number of aliphatic carboxylic acids is 1. The second kappa shape index (κ2) is 6.76. The van der Waals surface area contributed by atoms with Gasteiger partial charge >= 0.3 is 5.97 Å². The van der Waals surface area contributed by atoms with Crippen molar-refractivity contribution in [3.8, 4) is 0 Å². The van der Waals surface area contributed by atoms with E-state index in [4.69, 9.17) is 0 Å². The average molecular weight is 302 g/mol. The van der Waals surface area contributed by atoms with Crippen LogP contribution in [0.15, 0.2) is 42.5 Å². The average Bonchev–Trinajstić information content (AvgIpc) is 2.46. The van der Waals surface area contributed by atoms with Gasteiger partial charge in [-0.1, -0.05) is 61.2 Å². The third-order valence-corrected chi connectivity index (χ3v) is 4.62. The summed E-state index contributed by atoms with van der Waals surface area (Å²) in [6, 6.07) is 14.0. The summed E-state index contributed by atoms with van der Waals surface area (Å²) in [7, 11) is 0. The molecule has 3 nitrogen and oxygen atoms in total. The Morgan fingerprint density at radius 2 is 1.81 bits per heavy atom. The number of rotatable bonds is 5. The van der Waals surface area contributed by atoms with Crippen LogP contribution in [-0.4, -0.2) is 21.9 Å². The lowest BCUT2D eigenvalue weighted by Gasteiger charge is -2.20. The van der Waals surface area contributed by atoms with E-state index >= 15 is 0 Å². The molecule has 0 aliphatic heterocycles. The standard InChI is InChI=1S/C17H18O3S/c1-11(16(17(19)20)10-21-12(2)18)14-8-7-13-5-3-4-6-15(13)9-14/h3-9,11,16H,10H2,1-2H3,(H,19,20)/t11-,16+/m0/s1. The molecule has 0 aliphatic rings. The molecule has 21 heavy (non-hydrogen) atoms. The van der Waals surface area contributed by atoms with Crippen LogP contribution in [-0.2, 0) is 9.59 Å². The number of hydrogen-bond acceptors (Lipinski definition) is 3. The van der Waals surface area contributed by atoms with Gasteiger partial charge in [-0.05, 0) is 22.3 Å². The predicted molar refractivity (Wildman–Crippen MR) is 86.6 cm³/mol. The highest BCUT2D eigenvalue weighted by atomic mass is 32.2. The van der Waals surface area contributed by atoms with E-state index in [0.29, 0.717) is 5.75 Å². The molecule has 0 bridgehead atoms. The number of fused-ring (bicyclic) bond motifs is 1. The number of carbonyl (C=O) groups is 2. The summed E-state index contributed by atoms with van der Waals surface area (Å²) in [6.07, 6.45) is 0. The molecular weight excluding hydrogens is 284 g/mol. The second-order valence-electron chi connectivity index (χ2n) is 5.14. The Kier molecular flexibility index (Phi) is 5.02. The van der Waals surface area contributed by atoms with Gasteiger partial charge in [0.2, 0.25) is 0 Å². The van der Waals surface area contributed by atoms with Crippen molar-refractivity contribution in [2.45, 2.75) is 19.8 Å². The molecule has 2 rings (SSSR count). The van der Waals surface area contributed by atoms with E-state index in [9.17, 15) is 14.7 Å². The number of thioether (sulfide) groups is 1. The summed E-state index contributed by atoms with van der Waals surface area (Å²) in [6.45, 7) is 3.37. The zero-order chi connectivity index (χ0) is 15.4. The smallest absolute Gasteiger partial charge is 0.307 e. The fourth-order valence-corrected chi connectivity index (χ4v) is 3.21. The Labute approximate surface area is 128 Å². The van der Waals surface area contributed by atoms with Crippen molar-refractivity contribution >= 4 is 33.6 Å². The van der Waals surface area contributed by atoms with Gasteiger partial charge in [-0.3, -0.25) is 9.59 Å². The molecule has 0 saturated carbocycles. The third-order valence-electron chi connectivity index (χ3n) is 3.69.